The number of pyridine rings is 1. The highest BCUT2D eigenvalue weighted by Crippen LogP contribution is 2.42. The van der Waals surface area contributed by atoms with E-state index < -0.39 is 5.60 Å². The standard InChI is InChI=1S/C21H17ClN2O2/c22-17-7-5-16(6-8-17)14-24-19-4-2-1-3-18(19)21(26,20(24)25)13-15-9-11-23-12-10-15/h1-12,26H,13-14H2. The summed E-state index contributed by atoms with van der Waals surface area (Å²) in [6.07, 6.45) is 3.54. The Hall–Kier alpha value is -2.69. The lowest BCUT2D eigenvalue weighted by Crippen LogP contribution is -2.41. The van der Waals surface area contributed by atoms with Gasteiger partial charge in [0.1, 0.15) is 0 Å². The van der Waals surface area contributed by atoms with E-state index in [1.165, 1.54) is 0 Å². The number of aliphatic hydroxyl groups is 1. The van der Waals surface area contributed by atoms with Crippen LogP contribution < -0.4 is 4.90 Å². The average molecular weight is 365 g/mol. The molecule has 0 saturated heterocycles. The van der Waals surface area contributed by atoms with Gasteiger partial charge in [-0.3, -0.25) is 9.78 Å². The van der Waals surface area contributed by atoms with Crippen LogP contribution >= 0.6 is 11.6 Å². The Morgan fingerprint density at radius 3 is 2.38 bits per heavy atom. The van der Waals surface area contributed by atoms with Crippen LogP contribution in [0.15, 0.2) is 73.1 Å². The average Bonchev–Trinajstić information content (AvgIpc) is 2.87. The number of hydrogen-bond donors (Lipinski definition) is 1. The van der Waals surface area contributed by atoms with Gasteiger partial charge in [-0.1, -0.05) is 41.9 Å². The summed E-state index contributed by atoms with van der Waals surface area (Å²) in [6, 6.07) is 18.4. The molecule has 0 spiro atoms. The summed E-state index contributed by atoms with van der Waals surface area (Å²) in [5.41, 5.74) is 1.61. The van der Waals surface area contributed by atoms with Crippen molar-refractivity contribution in [2.24, 2.45) is 0 Å². The van der Waals surface area contributed by atoms with Crippen molar-refractivity contribution in [1.29, 1.82) is 0 Å². The monoisotopic (exact) mass is 364 g/mol. The molecular formula is C21H17ClN2O2. The number of anilines is 1. The maximum absolute atomic E-state index is 13.2. The molecule has 1 unspecified atom stereocenters. The van der Waals surface area contributed by atoms with Crippen LogP contribution in [0.25, 0.3) is 0 Å². The third kappa shape index (κ3) is 2.87. The fraction of sp³-hybridized carbons (Fsp3) is 0.143. The van der Waals surface area contributed by atoms with Crippen molar-refractivity contribution >= 4 is 23.2 Å². The first-order chi connectivity index (χ1) is 12.6. The second kappa shape index (κ2) is 6.56. The number of carbonyl (C=O) groups excluding carboxylic acids is 1. The van der Waals surface area contributed by atoms with Gasteiger partial charge in [-0.25, -0.2) is 0 Å². The molecule has 0 saturated carbocycles. The minimum absolute atomic E-state index is 0.211. The Kier molecular flexibility index (Phi) is 4.23. The van der Waals surface area contributed by atoms with E-state index in [-0.39, 0.29) is 12.3 Å². The number of rotatable bonds is 4. The number of para-hydroxylation sites is 1. The Bertz CT molecular complexity index is 944. The van der Waals surface area contributed by atoms with Gasteiger partial charge in [0.2, 0.25) is 0 Å². The third-order valence-electron chi connectivity index (χ3n) is 4.70. The molecule has 1 aliphatic heterocycles. The Labute approximate surface area is 156 Å². The predicted molar refractivity (Wildman–Crippen MR) is 101 cm³/mol. The summed E-state index contributed by atoms with van der Waals surface area (Å²) in [5, 5.41) is 12.0. The second-order valence-electron chi connectivity index (χ2n) is 6.43. The number of halogens is 1. The van der Waals surface area contributed by atoms with Crippen LogP contribution in [-0.4, -0.2) is 16.0 Å². The van der Waals surface area contributed by atoms with Crippen LogP contribution in [-0.2, 0) is 23.4 Å². The molecule has 1 aliphatic rings. The molecule has 130 valence electrons. The minimum Gasteiger partial charge on any atom is -0.375 e. The maximum Gasteiger partial charge on any atom is 0.264 e. The SMILES string of the molecule is O=C1N(Cc2ccc(Cl)cc2)c2ccccc2C1(O)Cc1ccncc1. The lowest BCUT2D eigenvalue weighted by atomic mass is 9.89. The van der Waals surface area contributed by atoms with Crippen molar-refractivity contribution in [1.82, 2.24) is 4.98 Å². The molecule has 0 radical (unpaired) electrons. The molecule has 4 nitrogen and oxygen atoms in total. The number of nitrogens with zero attached hydrogens (tertiary/aromatic N) is 2. The zero-order chi connectivity index (χ0) is 18.1. The fourth-order valence-electron chi connectivity index (χ4n) is 3.40. The van der Waals surface area contributed by atoms with Crippen molar-refractivity contribution < 1.29 is 9.90 Å². The number of hydrogen-bond acceptors (Lipinski definition) is 3. The molecule has 0 fully saturated rings. The van der Waals surface area contributed by atoms with E-state index in [0.717, 1.165) is 16.8 Å². The smallest absolute Gasteiger partial charge is 0.264 e. The molecule has 1 aromatic heterocycles. The number of amides is 1. The van der Waals surface area contributed by atoms with E-state index in [9.17, 15) is 9.90 Å². The highest BCUT2D eigenvalue weighted by molar-refractivity contribution is 6.30. The van der Waals surface area contributed by atoms with Gasteiger partial charge in [0.15, 0.2) is 5.60 Å². The second-order valence-corrected chi connectivity index (χ2v) is 6.86. The fourth-order valence-corrected chi connectivity index (χ4v) is 3.53. The highest BCUT2D eigenvalue weighted by atomic mass is 35.5. The molecule has 4 rings (SSSR count). The molecule has 1 amide bonds. The summed E-state index contributed by atoms with van der Waals surface area (Å²) in [5.74, 6) is -0.314. The van der Waals surface area contributed by atoms with E-state index >= 15 is 0 Å². The van der Waals surface area contributed by atoms with E-state index in [1.54, 1.807) is 29.4 Å². The van der Waals surface area contributed by atoms with Crippen molar-refractivity contribution in [2.75, 3.05) is 4.90 Å². The van der Waals surface area contributed by atoms with Crippen LogP contribution in [0.2, 0.25) is 5.02 Å². The molecule has 1 atom stereocenters. The molecule has 26 heavy (non-hydrogen) atoms. The van der Waals surface area contributed by atoms with Crippen molar-refractivity contribution in [3.8, 4) is 0 Å². The molecule has 3 aromatic rings. The van der Waals surface area contributed by atoms with Crippen LogP contribution in [0.3, 0.4) is 0 Å². The van der Waals surface area contributed by atoms with Gasteiger partial charge >= 0.3 is 0 Å². The predicted octanol–water partition coefficient (Wildman–Crippen LogP) is 3.71. The Morgan fingerprint density at radius 2 is 1.65 bits per heavy atom. The molecule has 5 heteroatoms. The molecule has 2 aromatic carbocycles. The normalized spacial score (nSPS) is 18.8. The molecule has 2 heterocycles. The summed E-state index contributed by atoms with van der Waals surface area (Å²) in [6.45, 7) is 0.381. The first-order valence-electron chi connectivity index (χ1n) is 8.35. The van der Waals surface area contributed by atoms with Gasteiger partial charge in [0.25, 0.3) is 5.91 Å². The first kappa shape index (κ1) is 16.8. The summed E-state index contributed by atoms with van der Waals surface area (Å²) < 4.78 is 0. The maximum atomic E-state index is 13.2. The number of aromatic nitrogens is 1. The van der Waals surface area contributed by atoms with Gasteiger partial charge < -0.3 is 10.0 Å². The molecule has 0 bridgehead atoms. The zero-order valence-corrected chi connectivity index (χ0v) is 14.7. The topological polar surface area (TPSA) is 53.4 Å². The summed E-state index contributed by atoms with van der Waals surface area (Å²) in [7, 11) is 0. The van der Waals surface area contributed by atoms with Gasteiger partial charge in [-0.2, -0.15) is 0 Å². The van der Waals surface area contributed by atoms with Crippen molar-refractivity contribution in [3.05, 3.63) is 94.8 Å². The largest absolute Gasteiger partial charge is 0.375 e. The number of carbonyl (C=O) groups is 1. The number of fused-ring (bicyclic) bond motifs is 1. The zero-order valence-electron chi connectivity index (χ0n) is 14.0. The van der Waals surface area contributed by atoms with E-state index in [0.29, 0.717) is 17.1 Å². The van der Waals surface area contributed by atoms with Crippen LogP contribution in [0.1, 0.15) is 16.7 Å². The lowest BCUT2D eigenvalue weighted by Gasteiger charge is -2.23. The van der Waals surface area contributed by atoms with Crippen LogP contribution in [0.4, 0.5) is 5.69 Å². The first-order valence-corrected chi connectivity index (χ1v) is 8.73. The van der Waals surface area contributed by atoms with Gasteiger partial charge in [-0.05, 0) is 41.5 Å². The number of benzene rings is 2. The van der Waals surface area contributed by atoms with Gasteiger partial charge in [-0.15, -0.1) is 0 Å². The highest BCUT2D eigenvalue weighted by Gasteiger charge is 2.49. The van der Waals surface area contributed by atoms with Crippen LogP contribution in [0.5, 0.6) is 0 Å². The Morgan fingerprint density at radius 1 is 0.962 bits per heavy atom. The molecule has 1 N–H and O–H groups in total. The lowest BCUT2D eigenvalue weighted by molar-refractivity contribution is -0.136. The summed E-state index contributed by atoms with van der Waals surface area (Å²) in [4.78, 5) is 18.8. The summed E-state index contributed by atoms with van der Waals surface area (Å²) >= 11 is 5.95. The van der Waals surface area contributed by atoms with Gasteiger partial charge in [0, 0.05) is 29.4 Å². The van der Waals surface area contributed by atoms with Crippen molar-refractivity contribution in [3.63, 3.8) is 0 Å². The quantitative estimate of drug-likeness (QED) is 0.767. The van der Waals surface area contributed by atoms with Gasteiger partial charge in [0.05, 0.1) is 12.2 Å². The molecular weight excluding hydrogens is 348 g/mol. The van der Waals surface area contributed by atoms with E-state index in [1.807, 2.05) is 48.5 Å². The minimum atomic E-state index is -1.58. The van der Waals surface area contributed by atoms with Crippen molar-refractivity contribution in [2.45, 2.75) is 18.6 Å². The third-order valence-corrected chi connectivity index (χ3v) is 4.95. The van der Waals surface area contributed by atoms with E-state index in [4.69, 9.17) is 11.6 Å². The Balaban J connectivity index is 1.71. The van der Waals surface area contributed by atoms with E-state index in [2.05, 4.69) is 4.98 Å². The molecule has 0 aliphatic carbocycles. The van der Waals surface area contributed by atoms with Crippen LogP contribution in [0, 0.1) is 0 Å².